The van der Waals surface area contributed by atoms with Gasteiger partial charge in [-0.05, 0) is 38.8 Å². The molecule has 0 aromatic heterocycles. The maximum atomic E-state index is 12.3. The second-order valence-corrected chi connectivity index (χ2v) is 9.40. The summed E-state index contributed by atoms with van der Waals surface area (Å²) in [5, 5.41) is 13.8. The van der Waals surface area contributed by atoms with Crippen LogP contribution in [0, 0.1) is 5.41 Å². The summed E-state index contributed by atoms with van der Waals surface area (Å²) in [7, 11) is 0. The lowest BCUT2D eigenvalue weighted by Gasteiger charge is -2.37. The van der Waals surface area contributed by atoms with E-state index < -0.39 is 29.6 Å². The molecule has 154 valence electrons. The number of hydrogen-bond acceptors (Lipinski definition) is 5. The molecule has 3 rings (SSSR count). The fourth-order valence-corrected chi connectivity index (χ4v) is 3.18. The van der Waals surface area contributed by atoms with Gasteiger partial charge in [0, 0.05) is 11.0 Å². The molecule has 2 N–H and O–H groups in total. The zero-order chi connectivity index (χ0) is 20.6. The van der Waals surface area contributed by atoms with Gasteiger partial charge in [-0.3, -0.25) is 0 Å². The molecule has 2 unspecified atom stereocenters. The first kappa shape index (κ1) is 20.8. The molecule has 1 spiro atoms. The third kappa shape index (κ3) is 5.13. The van der Waals surface area contributed by atoms with E-state index in [0.717, 1.165) is 5.56 Å². The fourth-order valence-electron chi connectivity index (χ4n) is 3.18. The molecule has 0 bridgehead atoms. The number of carbonyl (C=O) groups excluding carboxylic acids is 1. The van der Waals surface area contributed by atoms with Crippen LogP contribution in [0.25, 0.3) is 0 Å². The van der Waals surface area contributed by atoms with Crippen LogP contribution in [0.15, 0.2) is 42.0 Å². The molecule has 0 radical (unpaired) electrons. The van der Waals surface area contributed by atoms with Crippen molar-refractivity contribution in [3.8, 4) is 0 Å². The molecule has 1 amide bonds. The van der Waals surface area contributed by atoms with Crippen LogP contribution in [0.3, 0.4) is 0 Å². The second kappa shape index (κ2) is 7.50. The minimum atomic E-state index is -0.936. The van der Waals surface area contributed by atoms with Gasteiger partial charge in [0.2, 0.25) is 5.79 Å². The fraction of sp³-hybridized carbons (Fsp3) is 0.591. The number of aliphatic hydroxyl groups excluding tert-OH is 1. The Labute approximate surface area is 166 Å². The van der Waals surface area contributed by atoms with Crippen molar-refractivity contribution in [3.05, 3.63) is 47.5 Å². The molecule has 1 heterocycles. The molecule has 6 heteroatoms. The topological polar surface area (TPSA) is 77.0 Å². The normalized spacial score (nSPS) is 22.1. The summed E-state index contributed by atoms with van der Waals surface area (Å²) in [5.74, 6) is -0.931. The number of rotatable bonds is 5. The standard InChI is InChI=1S/C22H31NO5/c1-20(2,3)28-19(25)23-17(11-15-9-7-6-8-10-15)18(24)16-12-22(16)26-13-21(4,5)14-27-22/h6-10,12,17-18,24H,11,13-14H2,1-5H3,(H,23,25). The largest absolute Gasteiger partial charge is 0.444 e. The lowest BCUT2D eigenvalue weighted by atomic mass is 9.94. The molecule has 1 aliphatic carbocycles. The summed E-state index contributed by atoms with van der Waals surface area (Å²) in [6, 6.07) is 9.15. The van der Waals surface area contributed by atoms with Crippen molar-refractivity contribution in [2.24, 2.45) is 5.41 Å². The first-order chi connectivity index (χ1) is 13.0. The predicted octanol–water partition coefficient (Wildman–Crippen LogP) is 3.19. The van der Waals surface area contributed by atoms with Gasteiger partial charge < -0.3 is 24.6 Å². The Morgan fingerprint density at radius 1 is 1.21 bits per heavy atom. The zero-order valence-corrected chi connectivity index (χ0v) is 17.3. The summed E-state index contributed by atoms with van der Waals surface area (Å²) in [5.41, 5.74) is 0.980. The monoisotopic (exact) mass is 389 g/mol. The average molecular weight is 389 g/mol. The first-order valence-corrected chi connectivity index (χ1v) is 9.72. The van der Waals surface area contributed by atoms with Crippen molar-refractivity contribution in [3.63, 3.8) is 0 Å². The van der Waals surface area contributed by atoms with Gasteiger partial charge in [-0.2, -0.15) is 0 Å². The lowest BCUT2D eigenvalue weighted by Crippen LogP contribution is -2.49. The SMILES string of the molecule is CC1(C)COC2(C=C2C(O)C(Cc2ccccc2)NC(=O)OC(C)(C)C)OC1. The third-order valence-corrected chi connectivity index (χ3v) is 4.72. The van der Waals surface area contributed by atoms with Gasteiger partial charge in [-0.15, -0.1) is 0 Å². The second-order valence-electron chi connectivity index (χ2n) is 9.40. The van der Waals surface area contributed by atoms with E-state index in [1.165, 1.54) is 0 Å². The number of aliphatic hydroxyl groups is 1. The Kier molecular flexibility index (Phi) is 5.58. The molecular weight excluding hydrogens is 358 g/mol. The van der Waals surface area contributed by atoms with E-state index in [2.05, 4.69) is 19.2 Å². The van der Waals surface area contributed by atoms with E-state index in [0.29, 0.717) is 25.2 Å². The maximum Gasteiger partial charge on any atom is 0.407 e. The number of benzene rings is 1. The Bertz CT molecular complexity index is 725. The van der Waals surface area contributed by atoms with Crippen LogP contribution >= 0.6 is 0 Å². The van der Waals surface area contributed by atoms with E-state index in [4.69, 9.17) is 14.2 Å². The zero-order valence-electron chi connectivity index (χ0n) is 17.3. The van der Waals surface area contributed by atoms with Gasteiger partial charge >= 0.3 is 6.09 Å². The van der Waals surface area contributed by atoms with Crippen LogP contribution in [-0.2, 0) is 20.6 Å². The van der Waals surface area contributed by atoms with Gasteiger partial charge in [0.15, 0.2) is 0 Å². The molecule has 0 saturated carbocycles. The molecule has 28 heavy (non-hydrogen) atoms. The van der Waals surface area contributed by atoms with E-state index >= 15 is 0 Å². The molecule has 2 aliphatic rings. The summed E-state index contributed by atoms with van der Waals surface area (Å²) >= 11 is 0. The quantitative estimate of drug-likeness (QED) is 0.757. The summed E-state index contributed by atoms with van der Waals surface area (Å²) in [4.78, 5) is 12.3. The average Bonchev–Trinajstić information content (AvgIpc) is 3.30. The molecule has 1 saturated heterocycles. The number of nitrogens with one attached hydrogen (secondary N) is 1. The smallest absolute Gasteiger partial charge is 0.407 e. The van der Waals surface area contributed by atoms with Crippen molar-refractivity contribution < 1.29 is 24.1 Å². The van der Waals surface area contributed by atoms with E-state index in [-0.39, 0.29) is 5.41 Å². The van der Waals surface area contributed by atoms with E-state index in [1.54, 1.807) is 26.8 Å². The molecule has 1 fully saturated rings. The van der Waals surface area contributed by atoms with Crippen LogP contribution in [0.1, 0.15) is 40.2 Å². The summed E-state index contributed by atoms with van der Waals surface area (Å²) < 4.78 is 17.2. The van der Waals surface area contributed by atoms with Crippen molar-refractivity contribution in [1.82, 2.24) is 5.32 Å². The molecule has 2 atom stereocenters. The molecule has 6 nitrogen and oxygen atoms in total. The van der Waals surface area contributed by atoms with Crippen molar-refractivity contribution in [2.75, 3.05) is 13.2 Å². The van der Waals surface area contributed by atoms with Crippen LogP contribution in [0.2, 0.25) is 0 Å². The van der Waals surface area contributed by atoms with Crippen LogP contribution < -0.4 is 5.32 Å². The molecule has 1 aromatic carbocycles. The van der Waals surface area contributed by atoms with E-state index in [1.807, 2.05) is 30.3 Å². The first-order valence-electron chi connectivity index (χ1n) is 9.72. The minimum Gasteiger partial charge on any atom is -0.444 e. The predicted molar refractivity (Wildman–Crippen MR) is 106 cm³/mol. The van der Waals surface area contributed by atoms with Crippen LogP contribution in [-0.4, -0.2) is 47.9 Å². The highest BCUT2D eigenvalue weighted by molar-refractivity contribution is 5.68. The highest BCUT2D eigenvalue weighted by atomic mass is 16.7. The highest BCUT2D eigenvalue weighted by Crippen LogP contribution is 2.47. The van der Waals surface area contributed by atoms with Crippen molar-refractivity contribution >= 4 is 6.09 Å². The Morgan fingerprint density at radius 2 is 1.82 bits per heavy atom. The summed E-state index contributed by atoms with van der Waals surface area (Å²) in [6.45, 7) is 10.6. The van der Waals surface area contributed by atoms with Gasteiger partial charge in [0.1, 0.15) is 11.7 Å². The molecular formula is C22H31NO5. The number of alkyl carbamates (subject to hydrolysis) is 1. The third-order valence-electron chi connectivity index (χ3n) is 4.72. The molecule has 1 aliphatic heterocycles. The number of carbonyl (C=O) groups is 1. The minimum absolute atomic E-state index is 0.0596. The molecule has 1 aromatic rings. The number of ether oxygens (including phenoxy) is 3. The lowest BCUT2D eigenvalue weighted by molar-refractivity contribution is -0.233. The van der Waals surface area contributed by atoms with Gasteiger partial charge in [-0.1, -0.05) is 44.2 Å². The van der Waals surface area contributed by atoms with Crippen molar-refractivity contribution in [2.45, 2.75) is 64.6 Å². The highest BCUT2D eigenvalue weighted by Gasteiger charge is 2.55. The maximum absolute atomic E-state index is 12.3. The number of hydrogen-bond donors (Lipinski definition) is 2. The Morgan fingerprint density at radius 3 is 2.39 bits per heavy atom. The Hall–Kier alpha value is -1.89. The van der Waals surface area contributed by atoms with Crippen LogP contribution in [0.4, 0.5) is 4.79 Å². The van der Waals surface area contributed by atoms with Gasteiger partial charge in [0.25, 0.3) is 0 Å². The van der Waals surface area contributed by atoms with Gasteiger partial charge in [0.05, 0.1) is 19.3 Å². The van der Waals surface area contributed by atoms with Crippen LogP contribution in [0.5, 0.6) is 0 Å². The van der Waals surface area contributed by atoms with E-state index in [9.17, 15) is 9.90 Å². The number of amides is 1. The van der Waals surface area contributed by atoms with Crippen molar-refractivity contribution in [1.29, 1.82) is 0 Å². The van der Waals surface area contributed by atoms with Gasteiger partial charge in [-0.25, -0.2) is 4.79 Å². The Balaban J connectivity index is 1.69. The summed E-state index contributed by atoms with van der Waals surface area (Å²) in [6.07, 6.45) is 0.755.